The van der Waals surface area contributed by atoms with Gasteiger partial charge in [-0.2, -0.15) is 5.10 Å². The van der Waals surface area contributed by atoms with E-state index < -0.39 is 0 Å². The average molecular weight is 356 g/mol. The van der Waals surface area contributed by atoms with Crippen LogP contribution in [0.25, 0.3) is 0 Å². The molecule has 2 aromatic rings. The van der Waals surface area contributed by atoms with Gasteiger partial charge in [-0.25, -0.2) is 5.43 Å². The normalized spacial score (nSPS) is 17.2. The van der Waals surface area contributed by atoms with Crippen LogP contribution < -0.4 is 5.43 Å². The summed E-state index contributed by atoms with van der Waals surface area (Å²) in [5.74, 6) is -0.661. The van der Waals surface area contributed by atoms with Crippen LogP contribution in [-0.4, -0.2) is 29.5 Å². The van der Waals surface area contributed by atoms with Crippen molar-refractivity contribution in [1.82, 2.24) is 10.3 Å². The molecule has 1 N–H and O–H groups in total. The number of halogens is 1. The second-order valence-electron chi connectivity index (χ2n) is 5.92. The van der Waals surface area contributed by atoms with Crippen molar-refractivity contribution in [3.8, 4) is 0 Å². The third-order valence-corrected chi connectivity index (χ3v) is 4.43. The predicted octanol–water partition coefficient (Wildman–Crippen LogP) is 2.84. The van der Waals surface area contributed by atoms with Crippen LogP contribution in [0.5, 0.6) is 0 Å². The van der Waals surface area contributed by atoms with Crippen molar-refractivity contribution in [2.45, 2.75) is 13.0 Å². The molecule has 2 aromatic carbocycles. The van der Waals surface area contributed by atoms with Gasteiger partial charge < -0.3 is 4.90 Å². The summed E-state index contributed by atoms with van der Waals surface area (Å²) in [7, 11) is 0. The Bertz CT molecular complexity index is 792. The van der Waals surface area contributed by atoms with Crippen LogP contribution in [0.1, 0.15) is 17.5 Å². The fourth-order valence-electron chi connectivity index (χ4n) is 2.74. The Kier molecular flexibility index (Phi) is 5.46. The van der Waals surface area contributed by atoms with Crippen molar-refractivity contribution in [2.24, 2.45) is 11.0 Å². The Morgan fingerprint density at radius 2 is 1.92 bits per heavy atom. The largest absolute Gasteiger partial charge is 0.338 e. The maximum absolute atomic E-state index is 12.2. The van der Waals surface area contributed by atoms with Crippen molar-refractivity contribution >= 4 is 29.6 Å². The minimum absolute atomic E-state index is 0.0147. The molecule has 2 amide bonds. The van der Waals surface area contributed by atoms with Crippen molar-refractivity contribution in [3.05, 3.63) is 70.7 Å². The number of rotatable bonds is 5. The number of carbonyl (C=O) groups is 2. The van der Waals surface area contributed by atoms with Gasteiger partial charge in [-0.3, -0.25) is 9.59 Å². The van der Waals surface area contributed by atoms with E-state index in [1.54, 1.807) is 17.0 Å². The molecule has 0 aromatic heterocycles. The van der Waals surface area contributed by atoms with Gasteiger partial charge in [-0.15, -0.1) is 0 Å². The van der Waals surface area contributed by atoms with Gasteiger partial charge in [0.1, 0.15) is 0 Å². The second kappa shape index (κ2) is 7.94. The number of nitrogens with zero attached hydrogens (tertiary/aromatic N) is 2. The molecule has 0 radical (unpaired) electrons. The van der Waals surface area contributed by atoms with Crippen molar-refractivity contribution in [2.75, 3.05) is 6.54 Å². The van der Waals surface area contributed by atoms with Crippen LogP contribution in [0.4, 0.5) is 0 Å². The van der Waals surface area contributed by atoms with Gasteiger partial charge in [0.2, 0.25) is 11.8 Å². The van der Waals surface area contributed by atoms with E-state index in [4.69, 9.17) is 11.6 Å². The number of nitrogens with one attached hydrogen (secondary N) is 1. The molecule has 1 atom stereocenters. The van der Waals surface area contributed by atoms with Crippen LogP contribution in [0.3, 0.4) is 0 Å². The van der Waals surface area contributed by atoms with Gasteiger partial charge in [0.05, 0.1) is 12.1 Å². The van der Waals surface area contributed by atoms with E-state index in [0.717, 1.165) is 11.1 Å². The number of hydrogen-bond acceptors (Lipinski definition) is 3. The van der Waals surface area contributed by atoms with Crippen molar-refractivity contribution in [1.29, 1.82) is 0 Å². The van der Waals surface area contributed by atoms with E-state index in [-0.39, 0.29) is 24.2 Å². The Hall–Kier alpha value is -2.66. The molecule has 1 fully saturated rings. The highest BCUT2D eigenvalue weighted by molar-refractivity contribution is 6.33. The van der Waals surface area contributed by atoms with E-state index in [0.29, 0.717) is 18.1 Å². The van der Waals surface area contributed by atoms with E-state index in [1.807, 2.05) is 42.5 Å². The highest BCUT2D eigenvalue weighted by Crippen LogP contribution is 2.20. The summed E-state index contributed by atoms with van der Waals surface area (Å²) in [4.78, 5) is 26.1. The third-order valence-electron chi connectivity index (χ3n) is 4.09. The van der Waals surface area contributed by atoms with E-state index in [1.165, 1.54) is 6.21 Å². The maximum atomic E-state index is 12.2. The molecular weight excluding hydrogens is 338 g/mol. The lowest BCUT2D eigenvalue weighted by molar-refractivity contribution is -0.129. The summed E-state index contributed by atoms with van der Waals surface area (Å²) in [5.41, 5.74) is 4.27. The number of carbonyl (C=O) groups excluding carboxylic acids is 2. The fraction of sp³-hybridized carbons (Fsp3) is 0.211. The molecule has 6 heteroatoms. The van der Waals surface area contributed by atoms with Crippen LogP contribution in [0, 0.1) is 5.92 Å². The molecule has 5 nitrogen and oxygen atoms in total. The lowest BCUT2D eigenvalue weighted by Gasteiger charge is -2.16. The van der Waals surface area contributed by atoms with Gasteiger partial charge in [-0.1, -0.05) is 60.1 Å². The van der Waals surface area contributed by atoms with Crippen LogP contribution in [-0.2, 0) is 16.1 Å². The first-order valence-corrected chi connectivity index (χ1v) is 8.40. The smallest absolute Gasteiger partial charge is 0.245 e. The molecule has 1 unspecified atom stereocenters. The van der Waals surface area contributed by atoms with Gasteiger partial charge in [0.25, 0.3) is 0 Å². The van der Waals surface area contributed by atoms with E-state index >= 15 is 0 Å². The first kappa shape index (κ1) is 17.2. The molecule has 25 heavy (non-hydrogen) atoms. The summed E-state index contributed by atoms with van der Waals surface area (Å²) in [6, 6.07) is 17.0. The summed E-state index contributed by atoms with van der Waals surface area (Å²) < 4.78 is 0. The molecule has 1 heterocycles. The van der Waals surface area contributed by atoms with Gasteiger partial charge >= 0.3 is 0 Å². The monoisotopic (exact) mass is 355 g/mol. The molecule has 0 saturated carbocycles. The zero-order valence-electron chi connectivity index (χ0n) is 13.6. The van der Waals surface area contributed by atoms with Gasteiger partial charge in [-0.05, 0) is 11.6 Å². The topological polar surface area (TPSA) is 61.8 Å². The molecule has 0 spiro atoms. The first-order chi connectivity index (χ1) is 12.1. The lowest BCUT2D eigenvalue weighted by Crippen LogP contribution is -2.30. The maximum Gasteiger partial charge on any atom is 0.245 e. The standard InChI is InChI=1S/C19H18ClN3O2/c20-17-9-5-4-8-15(17)11-21-22-19(25)16-10-18(24)23(13-16)12-14-6-2-1-3-7-14/h1-9,11,16H,10,12-13H2,(H,22,25)/b21-11+. The zero-order valence-corrected chi connectivity index (χ0v) is 14.3. The number of likely N-dealkylation sites (tertiary alicyclic amines) is 1. The minimum Gasteiger partial charge on any atom is -0.338 e. The summed E-state index contributed by atoms with van der Waals surface area (Å²) >= 11 is 6.03. The SMILES string of the molecule is O=C(N/N=C/c1ccccc1Cl)C1CC(=O)N(Cc2ccccc2)C1. The molecular formula is C19H18ClN3O2. The zero-order chi connectivity index (χ0) is 17.6. The Morgan fingerprint density at radius 1 is 1.20 bits per heavy atom. The van der Waals surface area contributed by atoms with Crippen LogP contribution >= 0.6 is 11.6 Å². The number of benzene rings is 2. The minimum atomic E-state index is -0.389. The van der Waals surface area contributed by atoms with E-state index in [9.17, 15) is 9.59 Å². The fourth-order valence-corrected chi connectivity index (χ4v) is 2.93. The molecule has 3 rings (SSSR count). The third kappa shape index (κ3) is 4.45. The Morgan fingerprint density at radius 3 is 2.68 bits per heavy atom. The van der Waals surface area contributed by atoms with Crippen LogP contribution in [0.2, 0.25) is 5.02 Å². The highest BCUT2D eigenvalue weighted by atomic mass is 35.5. The van der Waals surface area contributed by atoms with Gasteiger partial charge in [0.15, 0.2) is 0 Å². The summed E-state index contributed by atoms with van der Waals surface area (Å²) in [5, 5.41) is 4.50. The van der Waals surface area contributed by atoms with Crippen molar-refractivity contribution < 1.29 is 9.59 Å². The Balaban J connectivity index is 1.55. The quantitative estimate of drug-likeness (QED) is 0.662. The average Bonchev–Trinajstić information content (AvgIpc) is 2.98. The van der Waals surface area contributed by atoms with Crippen LogP contribution in [0.15, 0.2) is 59.7 Å². The highest BCUT2D eigenvalue weighted by Gasteiger charge is 2.34. The molecule has 0 bridgehead atoms. The molecule has 128 valence electrons. The number of hydrazone groups is 1. The lowest BCUT2D eigenvalue weighted by atomic mass is 10.1. The van der Waals surface area contributed by atoms with Gasteiger partial charge in [0, 0.05) is 30.1 Å². The number of amides is 2. The molecule has 1 aliphatic rings. The first-order valence-electron chi connectivity index (χ1n) is 8.02. The molecule has 1 saturated heterocycles. The molecule has 0 aliphatic carbocycles. The molecule has 1 aliphatic heterocycles. The predicted molar refractivity (Wildman–Crippen MR) is 97.2 cm³/mol. The Labute approximate surface area is 151 Å². The summed E-state index contributed by atoms with van der Waals surface area (Å²) in [6.07, 6.45) is 1.71. The summed E-state index contributed by atoms with van der Waals surface area (Å²) in [6.45, 7) is 0.924. The number of hydrogen-bond donors (Lipinski definition) is 1. The van der Waals surface area contributed by atoms with E-state index in [2.05, 4.69) is 10.5 Å². The second-order valence-corrected chi connectivity index (χ2v) is 6.32. The van der Waals surface area contributed by atoms with Crippen molar-refractivity contribution in [3.63, 3.8) is 0 Å².